The van der Waals surface area contributed by atoms with E-state index in [2.05, 4.69) is 43.2 Å². The van der Waals surface area contributed by atoms with Gasteiger partial charge in [0.25, 0.3) is 0 Å². The second-order valence-corrected chi connectivity index (χ2v) is 4.89. The minimum absolute atomic E-state index is 0.721. The largest absolute Gasteiger partial charge is 0.300 e. The summed E-state index contributed by atoms with van der Waals surface area (Å²) in [5.41, 5.74) is 0. The van der Waals surface area contributed by atoms with E-state index in [9.17, 15) is 0 Å². The van der Waals surface area contributed by atoms with Gasteiger partial charge in [0, 0.05) is 32.2 Å². The molecule has 2 nitrogen and oxygen atoms in total. The predicted octanol–water partition coefficient (Wildman–Crippen LogP) is 1.58. The van der Waals surface area contributed by atoms with Crippen molar-refractivity contribution in [2.45, 2.75) is 26.8 Å². The van der Waals surface area contributed by atoms with Gasteiger partial charge in [0.1, 0.15) is 0 Å². The first-order chi connectivity index (χ1) is 6.67. The van der Waals surface area contributed by atoms with Crippen LogP contribution in [0.4, 0.5) is 0 Å². The predicted molar refractivity (Wildman–Crippen MR) is 66.2 cm³/mol. The van der Waals surface area contributed by atoms with E-state index in [0.29, 0.717) is 0 Å². The number of nitrogens with zero attached hydrogens (tertiary/aromatic N) is 2. The Labute approximate surface area is 94.1 Å². The molecule has 2 unspecified atom stereocenters. The summed E-state index contributed by atoms with van der Waals surface area (Å²) >= 11 is 4.34. The highest BCUT2D eigenvalue weighted by atomic mass is 32.1. The molecule has 0 spiro atoms. The highest BCUT2D eigenvalue weighted by molar-refractivity contribution is 7.80. The average Bonchev–Trinajstić information content (AvgIpc) is 2.18. The van der Waals surface area contributed by atoms with Gasteiger partial charge in [-0.2, -0.15) is 12.6 Å². The van der Waals surface area contributed by atoms with Crippen molar-refractivity contribution >= 4 is 12.6 Å². The minimum Gasteiger partial charge on any atom is -0.300 e. The maximum atomic E-state index is 4.34. The van der Waals surface area contributed by atoms with E-state index in [4.69, 9.17) is 0 Å². The topological polar surface area (TPSA) is 6.48 Å². The summed E-state index contributed by atoms with van der Waals surface area (Å²) in [5, 5.41) is 0. The number of likely N-dealkylation sites (N-methyl/N-ethyl adjacent to an activating group) is 1. The zero-order valence-electron chi connectivity index (χ0n) is 9.74. The van der Waals surface area contributed by atoms with Crippen LogP contribution in [-0.2, 0) is 0 Å². The average molecular weight is 216 g/mol. The molecule has 1 saturated heterocycles. The molecule has 1 rings (SSSR count). The van der Waals surface area contributed by atoms with Crippen LogP contribution in [0.15, 0.2) is 0 Å². The lowest BCUT2D eigenvalue weighted by molar-refractivity contribution is 0.0810. The molecule has 1 fully saturated rings. The van der Waals surface area contributed by atoms with Crippen molar-refractivity contribution in [1.29, 1.82) is 0 Å². The Morgan fingerprint density at radius 1 is 1.43 bits per heavy atom. The third-order valence-corrected chi connectivity index (χ3v) is 3.76. The van der Waals surface area contributed by atoms with Crippen LogP contribution >= 0.6 is 12.6 Å². The standard InChI is InChI=1S/C11H24N2S/c1-4-13-6-5-12(8-11(13)3)7-10(2)9-14/h10-11,14H,4-9H2,1-3H3. The lowest BCUT2D eigenvalue weighted by Gasteiger charge is -2.40. The van der Waals surface area contributed by atoms with Crippen molar-refractivity contribution in [1.82, 2.24) is 9.80 Å². The molecule has 0 N–H and O–H groups in total. The zero-order valence-corrected chi connectivity index (χ0v) is 10.6. The Morgan fingerprint density at radius 2 is 2.14 bits per heavy atom. The van der Waals surface area contributed by atoms with Crippen molar-refractivity contribution in [3.63, 3.8) is 0 Å². The Kier molecular flexibility index (Phi) is 5.28. The Balaban J connectivity index is 2.31. The first-order valence-corrected chi connectivity index (χ1v) is 6.37. The third-order valence-electron chi connectivity index (χ3n) is 3.14. The molecule has 0 aliphatic carbocycles. The molecular weight excluding hydrogens is 192 g/mol. The molecule has 0 aromatic carbocycles. The smallest absolute Gasteiger partial charge is 0.0195 e. The van der Waals surface area contributed by atoms with Crippen LogP contribution in [0, 0.1) is 5.92 Å². The molecule has 1 heterocycles. The number of rotatable bonds is 4. The molecular formula is C11H24N2S. The van der Waals surface area contributed by atoms with Gasteiger partial charge < -0.3 is 4.90 Å². The van der Waals surface area contributed by atoms with Crippen LogP contribution in [0.3, 0.4) is 0 Å². The molecule has 2 atom stereocenters. The Bertz CT molecular complexity index is 163. The number of piperazine rings is 1. The van der Waals surface area contributed by atoms with E-state index in [1.165, 1.54) is 32.7 Å². The molecule has 0 amide bonds. The van der Waals surface area contributed by atoms with Gasteiger partial charge in [0.2, 0.25) is 0 Å². The van der Waals surface area contributed by atoms with Gasteiger partial charge in [0.15, 0.2) is 0 Å². The van der Waals surface area contributed by atoms with Crippen molar-refractivity contribution in [3.05, 3.63) is 0 Å². The second-order valence-electron chi connectivity index (χ2n) is 4.52. The number of thiol groups is 1. The Hall–Kier alpha value is 0.270. The molecule has 0 aromatic heterocycles. The van der Waals surface area contributed by atoms with Crippen LogP contribution < -0.4 is 0 Å². The fourth-order valence-corrected chi connectivity index (χ4v) is 2.32. The summed E-state index contributed by atoms with van der Waals surface area (Å²) < 4.78 is 0. The van der Waals surface area contributed by atoms with E-state index in [1.54, 1.807) is 0 Å². The molecule has 1 aliphatic rings. The van der Waals surface area contributed by atoms with Gasteiger partial charge in [-0.15, -0.1) is 0 Å². The molecule has 1 aliphatic heterocycles. The van der Waals surface area contributed by atoms with Crippen LogP contribution in [-0.4, -0.2) is 54.3 Å². The minimum atomic E-state index is 0.721. The number of hydrogen-bond donors (Lipinski definition) is 1. The van der Waals surface area contributed by atoms with Crippen molar-refractivity contribution in [2.24, 2.45) is 5.92 Å². The summed E-state index contributed by atoms with van der Waals surface area (Å²) in [4.78, 5) is 5.14. The van der Waals surface area contributed by atoms with Gasteiger partial charge in [-0.25, -0.2) is 0 Å². The van der Waals surface area contributed by atoms with E-state index in [0.717, 1.165) is 17.7 Å². The summed E-state index contributed by atoms with van der Waals surface area (Å²) in [6.07, 6.45) is 0. The highest BCUT2D eigenvalue weighted by Crippen LogP contribution is 2.11. The van der Waals surface area contributed by atoms with Gasteiger partial charge in [-0.05, 0) is 25.1 Å². The molecule has 14 heavy (non-hydrogen) atoms. The summed E-state index contributed by atoms with van der Waals surface area (Å²) in [6.45, 7) is 13.0. The SMILES string of the molecule is CCN1CCN(CC(C)CS)CC1C. The molecule has 0 aromatic rings. The van der Waals surface area contributed by atoms with Crippen LogP contribution in [0.2, 0.25) is 0 Å². The fraction of sp³-hybridized carbons (Fsp3) is 1.00. The van der Waals surface area contributed by atoms with E-state index < -0.39 is 0 Å². The normalized spacial score (nSPS) is 27.9. The van der Waals surface area contributed by atoms with Crippen molar-refractivity contribution in [3.8, 4) is 0 Å². The maximum absolute atomic E-state index is 4.34. The van der Waals surface area contributed by atoms with E-state index >= 15 is 0 Å². The number of hydrogen-bond acceptors (Lipinski definition) is 3. The monoisotopic (exact) mass is 216 g/mol. The van der Waals surface area contributed by atoms with Crippen molar-refractivity contribution < 1.29 is 0 Å². The first kappa shape index (κ1) is 12.3. The van der Waals surface area contributed by atoms with Crippen LogP contribution in [0.5, 0.6) is 0 Å². The van der Waals surface area contributed by atoms with Crippen LogP contribution in [0.1, 0.15) is 20.8 Å². The van der Waals surface area contributed by atoms with E-state index in [-0.39, 0.29) is 0 Å². The summed E-state index contributed by atoms with van der Waals surface area (Å²) in [6, 6.07) is 0.723. The van der Waals surface area contributed by atoms with E-state index in [1.807, 2.05) is 0 Å². The summed E-state index contributed by atoms with van der Waals surface area (Å²) in [7, 11) is 0. The molecule has 84 valence electrons. The lowest BCUT2D eigenvalue weighted by Crippen LogP contribution is -2.52. The zero-order chi connectivity index (χ0) is 10.6. The van der Waals surface area contributed by atoms with Crippen molar-refractivity contribution in [2.75, 3.05) is 38.5 Å². The fourth-order valence-electron chi connectivity index (χ4n) is 2.20. The third kappa shape index (κ3) is 3.44. The molecule has 0 bridgehead atoms. The van der Waals surface area contributed by atoms with Gasteiger partial charge in [0.05, 0.1) is 0 Å². The maximum Gasteiger partial charge on any atom is 0.0195 e. The first-order valence-electron chi connectivity index (χ1n) is 5.74. The molecule has 0 radical (unpaired) electrons. The van der Waals surface area contributed by atoms with Gasteiger partial charge >= 0.3 is 0 Å². The molecule has 0 saturated carbocycles. The quantitative estimate of drug-likeness (QED) is 0.713. The highest BCUT2D eigenvalue weighted by Gasteiger charge is 2.22. The Morgan fingerprint density at radius 3 is 2.64 bits per heavy atom. The summed E-state index contributed by atoms with van der Waals surface area (Å²) in [5.74, 6) is 1.72. The van der Waals surface area contributed by atoms with Crippen LogP contribution in [0.25, 0.3) is 0 Å². The second kappa shape index (κ2) is 5.99. The molecule has 3 heteroatoms. The lowest BCUT2D eigenvalue weighted by atomic mass is 10.1. The van der Waals surface area contributed by atoms with Gasteiger partial charge in [-0.1, -0.05) is 13.8 Å². The van der Waals surface area contributed by atoms with Gasteiger partial charge in [-0.3, -0.25) is 4.90 Å².